The van der Waals surface area contributed by atoms with Gasteiger partial charge in [0, 0.05) is 38.1 Å². The number of pyridine rings is 1. The molecule has 0 aliphatic carbocycles. The van der Waals surface area contributed by atoms with Gasteiger partial charge in [-0.2, -0.15) is 5.10 Å². The van der Waals surface area contributed by atoms with Gasteiger partial charge in [-0.15, -0.1) is 0 Å². The average molecular weight is 259 g/mol. The Labute approximate surface area is 111 Å². The van der Waals surface area contributed by atoms with Crippen LogP contribution in [0.4, 0.5) is 5.82 Å². The van der Waals surface area contributed by atoms with Crippen LogP contribution >= 0.6 is 0 Å². The molecular weight excluding hydrogens is 242 g/mol. The summed E-state index contributed by atoms with van der Waals surface area (Å²) in [6.45, 7) is 3.14. The normalized spacial score (nSPS) is 10.2. The maximum absolute atomic E-state index is 12.1. The highest BCUT2D eigenvalue weighted by atomic mass is 16.1. The highest BCUT2D eigenvalue weighted by Crippen LogP contribution is 2.11. The number of carbonyl (C=O) groups excluding carboxylic acids is 1. The van der Waals surface area contributed by atoms with Crippen LogP contribution in [-0.2, 0) is 13.6 Å². The number of aromatic nitrogens is 3. The molecule has 0 unspecified atom stereocenters. The monoisotopic (exact) mass is 259 g/mol. The summed E-state index contributed by atoms with van der Waals surface area (Å²) < 4.78 is 1.70. The molecule has 0 aliphatic heterocycles. The zero-order chi connectivity index (χ0) is 13.7. The van der Waals surface area contributed by atoms with Crippen molar-refractivity contribution in [2.24, 2.45) is 7.05 Å². The van der Waals surface area contributed by atoms with E-state index in [2.05, 4.69) is 20.7 Å². The molecule has 0 fully saturated rings. The van der Waals surface area contributed by atoms with E-state index in [1.807, 2.05) is 20.2 Å². The minimum atomic E-state index is -0.145. The summed E-state index contributed by atoms with van der Waals surface area (Å²) in [4.78, 5) is 16.3. The van der Waals surface area contributed by atoms with E-state index in [0.717, 1.165) is 12.1 Å². The SMILES string of the molecule is CCNc1ncccc1C(=O)NCc1cnn(C)c1. The van der Waals surface area contributed by atoms with Crippen LogP contribution in [0, 0.1) is 0 Å². The number of carbonyl (C=O) groups is 1. The van der Waals surface area contributed by atoms with Gasteiger partial charge in [0.05, 0.1) is 11.8 Å². The smallest absolute Gasteiger partial charge is 0.255 e. The predicted molar refractivity (Wildman–Crippen MR) is 72.8 cm³/mol. The average Bonchev–Trinajstić information content (AvgIpc) is 2.83. The molecule has 1 amide bonds. The second-order valence-corrected chi connectivity index (χ2v) is 4.13. The van der Waals surface area contributed by atoms with Gasteiger partial charge in [0.25, 0.3) is 5.91 Å². The van der Waals surface area contributed by atoms with Crippen molar-refractivity contribution in [2.75, 3.05) is 11.9 Å². The molecule has 2 N–H and O–H groups in total. The summed E-state index contributed by atoms with van der Waals surface area (Å²) in [5.74, 6) is 0.460. The van der Waals surface area contributed by atoms with Gasteiger partial charge in [0.15, 0.2) is 0 Å². The predicted octanol–water partition coefficient (Wildman–Crippen LogP) is 1.18. The van der Waals surface area contributed by atoms with Gasteiger partial charge in [-0.3, -0.25) is 9.48 Å². The maximum Gasteiger partial charge on any atom is 0.255 e. The Balaban J connectivity index is 2.03. The first-order chi connectivity index (χ1) is 9.20. The Morgan fingerprint density at radius 2 is 2.32 bits per heavy atom. The first-order valence-electron chi connectivity index (χ1n) is 6.15. The van der Waals surface area contributed by atoms with E-state index < -0.39 is 0 Å². The van der Waals surface area contributed by atoms with Gasteiger partial charge in [-0.25, -0.2) is 4.98 Å². The Kier molecular flexibility index (Phi) is 4.12. The van der Waals surface area contributed by atoms with E-state index in [-0.39, 0.29) is 5.91 Å². The van der Waals surface area contributed by atoms with Gasteiger partial charge >= 0.3 is 0 Å². The molecular formula is C13H17N5O. The van der Waals surface area contributed by atoms with Gasteiger partial charge in [-0.05, 0) is 19.1 Å². The molecule has 2 aromatic rings. The van der Waals surface area contributed by atoms with Gasteiger partial charge in [-0.1, -0.05) is 0 Å². The fraction of sp³-hybridized carbons (Fsp3) is 0.308. The third-order valence-electron chi connectivity index (χ3n) is 2.61. The van der Waals surface area contributed by atoms with Gasteiger partial charge in [0.1, 0.15) is 5.82 Å². The van der Waals surface area contributed by atoms with Crippen molar-refractivity contribution in [1.29, 1.82) is 0 Å². The number of nitrogens with zero attached hydrogens (tertiary/aromatic N) is 3. The highest BCUT2D eigenvalue weighted by molar-refractivity contribution is 5.98. The van der Waals surface area contributed by atoms with Crippen molar-refractivity contribution in [3.8, 4) is 0 Å². The molecule has 2 heterocycles. The summed E-state index contributed by atoms with van der Waals surface area (Å²) in [6, 6.07) is 3.50. The van der Waals surface area contributed by atoms with Crippen LogP contribution in [0.5, 0.6) is 0 Å². The molecule has 0 aliphatic rings. The Morgan fingerprint density at radius 3 is 3.00 bits per heavy atom. The van der Waals surface area contributed by atoms with Crippen LogP contribution in [0.25, 0.3) is 0 Å². The Morgan fingerprint density at radius 1 is 1.47 bits per heavy atom. The third kappa shape index (κ3) is 3.31. The van der Waals surface area contributed by atoms with Crippen molar-refractivity contribution in [3.63, 3.8) is 0 Å². The summed E-state index contributed by atoms with van der Waals surface area (Å²) in [5.41, 5.74) is 1.51. The molecule has 0 spiro atoms. The first kappa shape index (κ1) is 13.1. The van der Waals surface area contributed by atoms with E-state index in [4.69, 9.17) is 0 Å². The highest BCUT2D eigenvalue weighted by Gasteiger charge is 2.11. The topological polar surface area (TPSA) is 71.8 Å². The molecule has 0 atom stereocenters. The second kappa shape index (κ2) is 5.99. The number of nitrogens with one attached hydrogen (secondary N) is 2. The molecule has 0 saturated heterocycles. The van der Waals surface area contributed by atoms with Crippen molar-refractivity contribution in [1.82, 2.24) is 20.1 Å². The quantitative estimate of drug-likeness (QED) is 0.845. The first-order valence-corrected chi connectivity index (χ1v) is 6.15. The lowest BCUT2D eigenvalue weighted by Crippen LogP contribution is -2.24. The molecule has 2 aromatic heterocycles. The number of aryl methyl sites for hydroxylation is 1. The van der Waals surface area contributed by atoms with E-state index in [0.29, 0.717) is 17.9 Å². The molecule has 0 saturated carbocycles. The summed E-state index contributed by atoms with van der Waals surface area (Å²) in [7, 11) is 1.84. The van der Waals surface area contributed by atoms with Crippen molar-refractivity contribution >= 4 is 11.7 Å². The Hall–Kier alpha value is -2.37. The van der Waals surface area contributed by atoms with Crippen molar-refractivity contribution < 1.29 is 4.79 Å². The zero-order valence-electron chi connectivity index (χ0n) is 11.1. The van der Waals surface area contributed by atoms with Crippen LogP contribution in [0.1, 0.15) is 22.8 Å². The number of hydrogen-bond acceptors (Lipinski definition) is 4. The standard InChI is InChI=1S/C13H17N5O/c1-3-14-12-11(5-4-6-15-12)13(19)16-7-10-8-17-18(2)9-10/h4-6,8-9H,3,7H2,1-2H3,(H,14,15)(H,16,19). The van der Waals surface area contributed by atoms with Crippen LogP contribution in [0.15, 0.2) is 30.7 Å². The summed E-state index contributed by atoms with van der Waals surface area (Å²) in [5, 5.41) is 9.98. The van der Waals surface area contributed by atoms with E-state index in [1.54, 1.807) is 29.2 Å². The molecule has 2 rings (SSSR count). The van der Waals surface area contributed by atoms with Crippen LogP contribution in [0.2, 0.25) is 0 Å². The van der Waals surface area contributed by atoms with Crippen molar-refractivity contribution in [2.45, 2.75) is 13.5 Å². The molecule has 0 radical (unpaired) electrons. The number of rotatable bonds is 5. The molecule has 0 bridgehead atoms. The van der Waals surface area contributed by atoms with E-state index in [1.165, 1.54) is 0 Å². The van der Waals surface area contributed by atoms with Gasteiger partial charge in [0.2, 0.25) is 0 Å². The lowest BCUT2D eigenvalue weighted by molar-refractivity contribution is 0.0951. The summed E-state index contributed by atoms with van der Waals surface area (Å²) in [6.07, 6.45) is 5.26. The fourth-order valence-corrected chi connectivity index (χ4v) is 1.74. The minimum Gasteiger partial charge on any atom is -0.370 e. The van der Waals surface area contributed by atoms with Crippen LogP contribution in [-0.4, -0.2) is 27.2 Å². The fourth-order valence-electron chi connectivity index (χ4n) is 1.74. The lowest BCUT2D eigenvalue weighted by atomic mass is 10.2. The zero-order valence-corrected chi connectivity index (χ0v) is 11.1. The number of anilines is 1. The lowest BCUT2D eigenvalue weighted by Gasteiger charge is -2.09. The molecule has 100 valence electrons. The van der Waals surface area contributed by atoms with Crippen LogP contribution in [0.3, 0.4) is 0 Å². The minimum absolute atomic E-state index is 0.145. The van der Waals surface area contributed by atoms with Gasteiger partial charge < -0.3 is 10.6 Å². The number of hydrogen-bond donors (Lipinski definition) is 2. The third-order valence-corrected chi connectivity index (χ3v) is 2.61. The van der Waals surface area contributed by atoms with E-state index >= 15 is 0 Å². The number of amides is 1. The Bertz CT molecular complexity index is 564. The van der Waals surface area contributed by atoms with E-state index in [9.17, 15) is 4.79 Å². The maximum atomic E-state index is 12.1. The molecule has 19 heavy (non-hydrogen) atoms. The molecule has 0 aromatic carbocycles. The van der Waals surface area contributed by atoms with Crippen LogP contribution < -0.4 is 10.6 Å². The largest absolute Gasteiger partial charge is 0.370 e. The summed E-state index contributed by atoms with van der Waals surface area (Å²) >= 11 is 0. The molecule has 6 heteroatoms. The molecule has 6 nitrogen and oxygen atoms in total. The van der Waals surface area contributed by atoms with Crippen molar-refractivity contribution in [3.05, 3.63) is 41.9 Å². The second-order valence-electron chi connectivity index (χ2n) is 4.13.